The predicted molar refractivity (Wildman–Crippen MR) is 110 cm³/mol. The lowest BCUT2D eigenvalue weighted by Gasteiger charge is -2.33. The topological polar surface area (TPSA) is 85.5 Å². The maximum absolute atomic E-state index is 13.4. The van der Waals surface area contributed by atoms with Crippen molar-refractivity contribution in [3.8, 4) is 5.88 Å². The number of aryl methyl sites for hydroxylation is 1. The molecule has 0 N–H and O–H groups in total. The Balaban J connectivity index is 1.36. The summed E-state index contributed by atoms with van der Waals surface area (Å²) in [4.78, 5) is 34.6. The van der Waals surface area contributed by atoms with Crippen LogP contribution >= 0.6 is 0 Å². The molecule has 0 radical (unpaired) electrons. The zero-order valence-electron chi connectivity index (χ0n) is 17.1. The number of anilines is 1. The fourth-order valence-electron chi connectivity index (χ4n) is 4.52. The molecule has 2 aliphatic heterocycles. The first-order valence-electron chi connectivity index (χ1n) is 10.2. The van der Waals surface area contributed by atoms with E-state index < -0.39 is 0 Å². The summed E-state index contributed by atoms with van der Waals surface area (Å²) in [5, 5.41) is 4.17. The van der Waals surface area contributed by atoms with Crippen LogP contribution in [0, 0.1) is 5.92 Å². The molecule has 0 aliphatic carbocycles. The summed E-state index contributed by atoms with van der Waals surface area (Å²) in [6, 6.07) is 7.93. The average molecular weight is 408 g/mol. The van der Waals surface area contributed by atoms with Gasteiger partial charge in [-0.05, 0) is 25.0 Å². The summed E-state index contributed by atoms with van der Waals surface area (Å²) in [6.07, 6.45) is 3.22. The highest BCUT2D eigenvalue weighted by Crippen LogP contribution is 2.30. The van der Waals surface area contributed by atoms with Crippen LogP contribution in [0.25, 0.3) is 11.0 Å². The number of ether oxygens (including phenoxy) is 1. The Bertz CT molecular complexity index is 1130. The van der Waals surface area contributed by atoms with Crippen LogP contribution < -0.4 is 9.64 Å². The van der Waals surface area contributed by atoms with E-state index in [-0.39, 0.29) is 17.7 Å². The predicted octanol–water partition coefficient (Wildman–Crippen LogP) is 1.68. The second-order valence-electron chi connectivity index (χ2n) is 7.86. The molecular weight excluding hydrogens is 384 g/mol. The first kappa shape index (κ1) is 18.7. The van der Waals surface area contributed by atoms with Gasteiger partial charge >= 0.3 is 0 Å². The van der Waals surface area contributed by atoms with E-state index in [0.717, 1.165) is 30.4 Å². The Morgan fingerprint density at radius 3 is 2.83 bits per heavy atom. The van der Waals surface area contributed by atoms with Gasteiger partial charge in [-0.2, -0.15) is 0 Å². The number of carbonyl (C=O) groups is 2. The third-order valence-corrected chi connectivity index (χ3v) is 5.97. The Morgan fingerprint density at radius 2 is 2.00 bits per heavy atom. The lowest BCUT2D eigenvalue weighted by molar-refractivity contribution is -0.123. The lowest BCUT2D eigenvalue weighted by Crippen LogP contribution is -2.46. The number of methoxy groups -OCH3 is 1. The minimum absolute atomic E-state index is 0.0414. The van der Waals surface area contributed by atoms with Crippen molar-refractivity contribution in [2.24, 2.45) is 13.0 Å². The monoisotopic (exact) mass is 408 g/mol. The zero-order chi connectivity index (χ0) is 20.8. The maximum atomic E-state index is 13.4. The van der Waals surface area contributed by atoms with E-state index in [0.29, 0.717) is 37.0 Å². The number of aromatic nitrogens is 4. The van der Waals surface area contributed by atoms with Crippen molar-refractivity contribution in [1.29, 1.82) is 0 Å². The molecule has 1 atom stereocenters. The van der Waals surface area contributed by atoms with Gasteiger partial charge in [-0.1, -0.05) is 12.1 Å². The van der Waals surface area contributed by atoms with Gasteiger partial charge in [0.2, 0.25) is 17.7 Å². The minimum atomic E-state index is -0.239. The van der Waals surface area contributed by atoms with Crippen molar-refractivity contribution < 1.29 is 14.3 Å². The summed E-state index contributed by atoms with van der Waals surface area (Å²) in [6.45, 7) is 2.38. The van der Waals surface area contributed by atoms with Crippen LogP contribution in [0.5, 0.6) is 5.88 Å². The van der Waals surface area contributed by atoms with Crippen LogP contribution in [-0.4, -0.2) is 62.8 Å². The molecule has 9 nitrogen and oxygen atoms in total. The Morgan fingerprint density at radius 1 is 1.17 bits per heavy atom. The maximum Gasteiger partial charge on any atom is 0.260 e. The molecule has 1 aromatic carbocycles. The van der Waals surface area contributed by atoms with E-state index in [1.807, 2.05) is 24.3 Å². The summed E-state index contributed by atoms with van der Waals surface area (Å²) in [5.74, 6) is 0.672. The SMILES string of the molecule is COc1nn(C)cc1C(=O)N1CCCC(C(=O)N2CCn3c2nc2ccccc23)C1. The molecule has 2 aliphatic rings. The summed E-state index contributed by atoms with van der Waals surface area (Å²) in [5.41, 5.74) is 2.37. The highest BCUT2D eigenvalue weighted by molar-refractivity contribution is 5.99. The highest BCUT2D eigenvalue weighted by atomic mass is 16.5. The average Bonchev–Trinajstić information content (AvgIpc) is 3.45. The van der Waals surface area contributed by atoms with Gasteiger partial charge in [-0.3, -0.25) is 19.2 Å². The molecule has 0 saturated carbocycles. The Kier molecular flexibility index (Phi) is 4.45. The molecule has 2 amide bonds. The number of piperidine rings is 1. The summed E-state index contributed by atoms with van der Waals surface area (Å²) >= 11 is 0. The van der Waals surface area contributed by atoms with Crippen molar-refractivity contribution in [3.05, 3.63) is 36.0 Å². The van der Waals surface area contributed by atoms with Gasteiger partial charge in [0.05, 0.1) is 24.1 Å². The van der Waals surface area contributed by atoms with E-state index in [9.17, 15) is 9.59 Å². The van der Waals surface area contributed by atoms with Gasteiger partial charge in [0.15, 0.2) is 0 Å². The third kappa shape index (κ3) is 2.92. The summed E-state index contributed by atoms with van der Waals surface area (Å²) in [7, 11) is 3.25. The van der Waals surface area contributed by atoms with Crippen LogP contribution in [0.15, 0.2) is 30.5 Å². The van der Waals surface area contributed by atoms with Crippen LogP contribution in [0.3, 0.4) is 0 Å². The normalized spacial score (nSPS) is 18.7. The molecule has 0 spiro atoms. The third-order valence-electron chi connectivity index (χ3n) is 5.97. The van der Waals surface area contributed by atoms with Crippen LogP contribution in [0.4, 0.5) is 5.95 Å². The van der Waals surface area contributed by atoms with Gasteiger partial charge in [0, 0.05) is 39.4 Å². The molecular formula is C21H24N6O3. The number of hydrogen-bond acceptors (Lipinski definition) is 5. The molecule has 2 aromatic heterocycles. The zero-order valence-corrected chi connectivity index (χ0v) is 17.1. The largest absolute Gasteiger partial charge is 0.479 e. The van der Waals surface area contributed by atoms with E-state index in [2.05, 4.69) is 14.6 Å². The molecule has 3 aromatic rings. The number of likely N-dealkylation sites (tertiary alicyclic amines) is 1. The van der Waals surface area contributed by atoms with Crippen molar-refractivity contribution >= 4 is 28.8 Å². The van der Waals surface area contributed by atoms with Gasteiger partial charge in [-0.15, -0.1) is 5.10 Å². The lowest BCUT2D eigenvalue weighted by atomic mass is 9.96. The van der Waals surface area contributed by atoms with E-state index >= 15 is 0 Å². The number of rotatable bonds is 3. The van der Waals surface area contributed by atoms with Crippen molar-refractivity contribution in [2.75, 3.05) is 31.6 Å². The second-order valence-corrected chi connectivity index (χ2v) is 7.86. The van der Waals surface area contributed by atoms with Crippen LogP contribution in [0.1, 0.15) is 23.2 Å². The Hall–Kier alpha value is -3.36. The molecule has 156 valence electrons. The van der Waals surface area contributed by atoms with Crippen LogP contribution in [-0.2, 0) is 18.4 Å². The number of hydrogen-bond donors (Lipinski definition) is 0. The molecule has 4 heterocycles. The number of fused-ring (bicyclic) bond motifs is 3. The quantitative estimate of drug-likeness (QED) is 0.658. The fraction of sp³-hybridized carbons (Fsp3) is 0.429. The number of nitrogens with zero attached hydrogens (tertiary/aromatic N) is 6. The molecule has 1 saturated heterocycles. The molecule has 1 fully saturated rings. The standard InChI is InChI=1S/C21H24N6O3/c1-24-13-15(18(23-24)30-2)20(29)25-9-5-6-14(12-25)19(28)27-11-10-26-17-8-4-3-7-16(17)22-21(26)27/h3-4,7-8,13-14H,5-6,9-12H2,1-2H3. The fourth-order valence-corrected chi connectivity index (χ4v) is 4.52. The van der Waals surface area contributed by atoms with E-state index in [4.69, 9.17) is 4.74 Å². The van der Waals surface area contributed by atoms with Crippen molar-refractivity contribution in [1.82, 2.24) is 24.2 Å². The molecule has 0 bridgehead atoms. The Labute approximate surface area is 173 Å². The smallest absolute Gasteiger partial charge is 0.260 e. The van der Waals surface area contributed by atoms with Gasteiger partial charge in [0.1, 0.15) is 5.56 Å². The second kappa shape index (κ2) is 7.16. The minimum Gasteiger partial charge on any atom is -0.479 e. The van der Waals surface area contributed by atoms with Crippen LogP contribution in [0.2, 0.25) is 0 Å². The van der Waals surface area contributed by atoms with Gasteiger partial charge in [-0.25, -0.2) is 4.98 Å². The summed E-state index contributed by atoms with van der Waals surface area (Å²) < 4.78 is 8.90. The first-order chi connectivity index (χ1) is 14.6. The van der Waals surface area contributed by atoms with Crippen molar-refractivity contribution in [3.63, 3.8) is 0 Å². The van der Waals surface area contributed by atoms with E-state index in [1.165, 1.54) is 7.11 Å². The number of carbonyl (C=O) groups excluding carboxylic acids is 2. The highest BCUT2D eigenvalue weighted by Gasteiger charge is 2.36. The molecule has 9 heteroatoms. The van der Waals surface area contributed by atoms with Gasteiger partial charge in [0.25, 0.3) is 5.91 Å². The number of para-hydroxylation sites is 2. The van der Waals surface area contributed by atoms with Crippen molar-refractivity contribution in [2.45, 2.75) is 19.4 Å². The molecule has 30 heavy (non-hydrogen) atoms. The molecule has 5 rings (SSSR count). The number of imidazole rings is 1. The van der Waals surface area contributed by atoms with Gasteiger partial charge < -0.3 is 14.2 Å². The number of benzene rings is 1. The molecule has 1 unspecified atom stereocenters. The number of amides is 2. The first-order valence-corrected chi connectivity index (χ1v) is 10.2. The van der Waals surface area contributed by atoms with E-state index in [1.54, 1.807) is 27.7 Å².